The number of hydrogen-bond donors (Lipinski definition) is 1. The van der Waals surface area contributed by atoms with Crippen LogP contribution in [0.25, 0.3) is 0 Å². The van der Waals surface area contributed by atoms with Gasteiger partial charge < -0.3 is 5.11 Å². The van der Waals surface area contributed by atoms with E-state index in [0.717, 1.165) is 0 Å². The summed E-state index contributed by atoms with van der Waals surface area (Å²) in [5, 5.41) is 9.14. The fourth-order valence-corrected chi connectivity index (χ4v) is 1.21. The van der Waals surface area contributed by atoms with Crippen molar-refractivity contribution >= 4 is 34.8 Å². The van der Waals surface area contributed by atoms with Crippen LogP contribution in [0.4, 0.5) is 0 Å². The van der Waals surface area contributed by atoms with Crippen molar-refractivity contribution < 1.29 is 5.11 Å². The summed E-state index contributed by atoms with van der Waals surface area (Å²) in [5.74, 6) is 0. The second-order valence-corrected chi connectivity index (χ2v) is 4.22. The molecule has 1 nitrogen and oxygen atoms in total. The molecule has 0 heterocycles. The molecule has 0 saturated carbocycles. The first-order valence-corrected chi connectivity index (χ1v) is 4.30. The predicted octanol–water partition coefficient (Wildman–Crippen LogP) is 2.91. The molecule has 10 heavy (non-hydrogen) atoms. The molecule has 0 aromatic rings. The van der Waals surface area contributed by atoms with Gasteiger partial charge in [-0.15, -0.1) is 11.6 Å². The van der Waals surface area contributed by atoms with Gasteiger partial charge in [0.2, 0.25) is 4.52 Å². The van der Waals surface area contributed by atoms with Gasteiger partial charge in [0.15, 0.2) is 0 Å². The molecule has 4 heteroatoms. The molecule has 0 spiro atoms. The molecule has 0 amide bonds. The number of halogens is 3. The molecule has 0 aliphatic heterocycles. The van der Waals surface area contributed by atoms with Gasteiger partial charge >= 0.3 is 0 Å². The van der Waals surface area contributed by atoms with Crippen LogP contribution in [0, 0.1) is 0 Å². The summed E-state index contributed by atoms with van der Waals surface area (Å²) in [6.07, 6.45) is 1.07. The van der Waals surface area contributed by atoms with E-state index in [9.17, 15) is 0 Å². The summed E-state index contributed by atoms with van der Waals surface area (Å²) in [6, 6.07) is 0. The van der Waals surface area contributed by atoms with Crippen LogP contribution in [-0.4, -0.2) is 14.5 Å². The van der Waals surface area contributed by atoms with Gasteiger partial charge in [0.25, 0.3) is 0 Å². The average molecular weight is 206 g/mol. The summed E-state index contributed by atoms with van der Waals surface area (Å²) >= 11 is 16.7. The molecule has 1 N–H and O–H groups in total. The molecule has 62 valence electrons. The van der Waals surface area contributed by atoms with Crippen LogP contribution in [0.2, 0.25) is 0 Å². The Morgan fingerprint density at radius 1 is 1.10 bits per heavy atom. The molecule has 0 aliphatic carbocycles. The maximum Gasteiger partial charge on any atom is 0.234 e. The maximum atomic E-state index is 9.14. The summed E-state index contributed by atoms with van der Waals surface area (Å²) in [4.78, 5) is -0.921. The molecule has 0 fully saturated rings. The van der Waals surface area contributed by atoms with Gasteiger partial charge in [-0.2, -0.15) is 0 Å². The van der Waals surface area contributed by atoms with Crippen molar-refractivity contribution in [2.75, 3.05) is 0 Å². The third-order valence-corrected chi connectivity index (χ3v) is 3.38. The Hall–Kier alpha value is 0.830. The molecule has 0 radical (unpaired) electrons. The quantitative estimate of drug-likeness (QED) is 0.703. The standard InChI is InChI=1S/C6H11Cl3O/c1-3-5(7,4-2)6(8,9)10/h10H,3-4H2,1-2H3. The molecule has 0 unspecified atom stereocenters. The minimum Gasteiger partial charge on any atom is -0.361 e. The zero-order chi connectivity index (χ0) is 8.41. The van der Waals surface area contributed by atoms with E-state index in [1.807, 2.05) is 13.8 Å². The Morgan fingerprint density at radius 2 is 1.40 bits per heavy atom. The molecular formula is C6H11Cl3O. The maximum absolute atomic E-state index is 9.14. The van der Waals surface area contributed by atoms with Crippen molar-refractivity contribution in [2.45, 2.75) is 36.1 Å². The first kappa shape index (κ1) is 10.8. The van der Waals surface area contributed by atoms with Crippen molar-refractivity contribution in [1.82, 2.24) is 0 Å². The van der Waals surface area contributed by atoms with Gasteiger partial charge in [-0.05, 0) is 12.8 Å². The highest BCUT2D eigenvalue weighted by atomic mass is 35.5. The van der Waals surface area contributed by atoms with Crippen LogP contribution < -0.4 is 0 Å². The molecule has 0 saturated heterocycles. The number of alkyl halides is 3. The second kappa shape index (κ2) is 3.48. The van der Waals surface area contributed by atoms with Crippen LogP contribution in [0.5, 0.6) is 0 Å². The fourth-order valence-electron chi connectivity index (χ4n) is 0.675. The molecular weight excluding hydrogens is 194 g/mol. The Kier molecular flexibility index (Phi) is 3.77. The van der Waals surface area contributed by atoms with E-state index in [-0.39, 0.29) is 0 Å². The van der Waals surface area contributed by atoms with Crippen LogP contribution in [0.3, 0.4) is 0 Å². The summed E-state index contributed by atoms with van der Waals surface area (Å²) in [6.45, 7) is 3.65. The highest BCUT2D eigenvalue weighted by molar-refractivity contribution is 6.52. The Morgan fingerprint density at radius 3 is 1.40 bits per heavy atom. The van der Waals surface area contributed by atoms with Crippen LogP contribution in [0.1, 0.15) is 26.7 Å². The number of rotatable bonds is 3. The minimum atomic E-state index is -1.84. The third kappa shape index (κ3) is 2.16. The van der Waals surface area contributed by atoms with Crippen molar-refractivity contribution in [3.05, 3.63) is 0 Å². The third-order valence-electron chi connectivity index (χ3n) is 1.66. The highest BCUT2D eigenvalue weighted by Crippen LogP contribution is 2.41. The predicted molar refractivity (Wildman–Crippen MR) is 45.8 cm³/mol. The lowest BCUT2D eigenvalue weighted by Crippen LogP contribution is -2.40. The van der Waals surface area contributed by atoms with Gasteiger partial charge in [0.1, 0.15) is 4.87 Å². The SMILES string of the molecule is CCC(Cl)(CC)C(O)(Cl)Cl. The molecule has 0 rings (SSSR count). The first-order valence-electron chi connectivity index (χ1n) is 3.16. The lowest BCUT2D eigenvalue weighted by atomic mass is 10.0. The topological polar surface area (TPSA) is 20.2 Å². The average Bonchev–Trinajstić information content (AvgIpc) is 1.84. The Bertz CT molecular complexity index is 104. The van der Waals surface area contributed by atoms with E-state index < -0.39 is 9.39 Å². The largest absolute Gasteiger partial charge is 0.361 e. The van der Waals surface area contributed by atoms with Crippen molar-refractivity contribution in [3.63, 3.8) is 0 Å². The second-order valence-electron chi connectivity index (χ2n) is 2.21. The van der Waals surface area contributed by atoms with Crippen LogP contribution >= 0.6 is 34.8 Å². The fraction of sp³-hybridized carbons (Fsp3) is 1.00. The molecule has 0 atom stereocenters. The van der Waals surface area contributed by atoms with Gasteiger partial charge in [-0.1, -0.05) is 37.0 Å². The van der Waals surface area contributed by atoms with Crippen LogP contribution in [-0.2, 0) is 0 Å². The summed E-state index contributed by atoms with van der Waals surface area (Å²) in [7, 11) is 0. The molecule has 0 aromatic heterocycles. The van der Waals surface area contributed by atoms with Gasteiger partial charge in [0.05, 0.1) is 0 Å². The Labute approximate surface area is 76.3 Å². The van der Waals surface area contributed by atoms with Gasteiger partial charge in [0, 0.05) is 0 Å². The molecule has 0 aromatic carbocycles. The van der Waals surface area contributed by atoms with Gasteiger partial charge in [-0.3, -0.25) is 0 Å². The van der Waals surface area contributed by atoms with E-state index in [0.29, 0.717) is 12.8 Å². The number of aliphatic hydroxyl groups is 1. The van der Waals surface area contributed by atoms with E-state index in [1.165, 1.54) is 0 Å². The lowest BCUT2D eigenvalue weighted by molar-refractivity contribution is 0.155. The number of hydrogen-bond acceptors (Lipinski definition) is 1. The van der Waals surface area contributed by atoms with E-state index in [4.69, 9.17) is 39.9 Å². The Balaban J connectivity index is 4.33. The molecule has 0 bridgehead atoms. The normalized spacial score (nSPS) is 13.8. The van der Waals surface area contributed by atoms with Crippen LogP contribution in [0.15, 0.2) is 0 Å². The minimum absolute atomic E-state index is 0.536. The monoisotopic (exact) mass is 204 g/mol. The molecule has 0 aliphatic rings. The van der Waals surface area contributed by atoms with Crippen molar-refractivity contribution in [1.29, 1.82) is 0 Å². The zero-order valence-corrected chi connectivity index (χ0v) is 8.26. The summed E-state index contributed by atoms with van der Waals surface area (Å²) in [5.41, 5.74) is 0. The van der Waals surface area contributed by atoms with Crippen molar-refractivity contribution in [2.24, 2.45) is 0 Å². The van der Waals surface area contributed by atoms with Crippen molar-refractivity contribution in [3.8, 4) is 0 Å². The zero-order valence-electron chi connectivity index (χ0n) is 6.00. The smallest absolute Gasteiger partial charge is 0.234 e. The first-order chi connectivity index (χ1) is 4.37. The summed E-state index contributed by atoms with van der Waals surface area (Å²) < 4.78 is -1.84. The van der Waals surface area contributed by atoms with E-state index >= 15 is 0 Å². The highest BCUT2D eigenvalue weighted by Gasteiger charge is 2.43. The van der Waals surface area contributed by atoms with Gasteiger partial charge in [-0.25, -0.2) is 0 Å². The lowest BCUT2D eigenvalue weighted by Gasteiger charge is -2.31. The van der Waals surface area contributed by atoms with E-state index in [1.54, 1.807) is 0 Å². The van der Waals surface area contributed by atoms with E-state index in [2.05, 4.69) is 0 Å².